The van der Waals surface area contributed by atoms with Crippen LogP contribution in [0.2, 0.25) is 0 Å². The minimum atomic E-state index is -0.167. The Kier molecular flexibility index (Phi) is 4.60. The first-order valence-corrected chi connectivity index (χ1v) is 7.93. The molecule has 1 N–H and O–H groups in total. The molecule has 1 heterocycles. The molecule has 5 heteroatoms. The van der Waals surface area contributed by atoms with Crippen LogP contribution in [0.15, 0.2) is 36.4 Å². The number of ether oxygens (including phenoxy) is 3. The third kappa shape index (κ3) is 3.30. The highest BCUT2D eigenvalue weighted by atomic mass is 16.7. The van der Waals surface area contributed by atoms with E-state index < -0.39 is 0 Å². The molecule has 126 valence electrons. The molecule has 0 atom stereocenters. The van der Waals surface area contributed by atoms with Gasteiger partial charge in [-0.05, 0) is 41.3 Å². The number of amides is 1. The molecule has 1 amide bonds. The predicted octanol–water partition coefficient (Wildman–Crippen LogP) is 3.48. The van der Waals surface area contributed by atoms with Crippen molar-refractivity contribution in [1.29, 1.82) is 0 Å². The van der Waals surface area contributed by atoms with Gasteiger partial charge in [0.2, 0.25) is 6.79 Å². The van der Waals surface area contributed by atoms with Crippen LogP contribution in [-0.2, 0) is 6.54 Å². The van der Waals surface area contributed by atoms with Gasteiger partial charge in [-0.15, -0.1) is 0 Å². The SMILES string of the molecule is COc1cc(C(C)C)ccc1C(=O)NCc1ccc2c(c1)OCO2. The number of nitrogens with one attached hydrogen (secondary N) is 1. The molecule has 0 saturated carbocycles. The molecule has 0 saturated heterocycles. The molecule has 0 spiro atoms. The standard InChI is InChI=1S/C19H21NO4/c1-12(2)14-5-6-15(17(9-14)22-3)19(21)20-10-13-4-7-16-18(8-13)24-11-23-16/h4-9,12H,10-11H2,1-3H3,(H,20,21). The third-order valence-corrected chi connectivity index (χ3v) is 4.03. The molecule has 2 aromatic carbocycles. The smallest absolute Gasteiger partial charge is 0.255 e. The minimum absolute atomic E-state index is 0.167. The van der Waals surface area contributed by atoms with Crippen LogP contribution in [0.25, 0.3) is 0 Å². The molecule has 0 aliphatic carbocycles. The molecule has 0 radical (unpaired) electrons. The lowest BCUT2D eigenvalue weighted by Gasteiger charge is -2.13. The molecular weight excluding hydrogens is 306 g/mol. The molecule has 1 aliphatic heterocycles. The summed E-state index contributed by atoms with van der Waals surface area (Å²) in [5, 5.41) is 2.91. The van der Waals surface area contributed by atoms with Crippen molar-refractivity contribution in [2.75, 3.05) is 13.9 Å². The zero-order chi connectivity index (χ0) is 17.1. The average molecular weight is 327 g/mol. The van der Waals surface area contributed by atoms with Crippen LogP contribution in [0.5, 0.6) is 17.2 Å². The van der Waals surface area contributed by atoms with E-state index in [1.54, 1.807) is 7.11 Å². The van der Waals surface area contributed by atoms with Crippen LogP contribution in [-0.4, -0.2) is 19.8 Å². The van der Waals surface area contributed by atoms with Crippen LogP contribution >= 0.6 is 0 Å². The van der Waals surface area contributed by atoms with E-state index in [2.05, 4.69) is 19.2 Å². The van der Waals surface area contributed by atoms with Gasteiger partial charge in [-0.2, -0.15) is 0 Å². The molecule has 0 fully saturated rings. The van der Waals surface area contributed by atoms with E-state index in [1.165, 1.54) is 0 Å². The maximum Gasteiger partial charge on any atom is 0.255 e. The minimum Gasteiger partial charge on any atom is -0.496 e. The number of methoxy groups -OCH3 is 1. The van der Waals surface area contributed by atoms with Crippen LogP contribution in [0.3, 0.4) is 0 Å². The van der Waals surface area contributed by atoms with E-state index in [4.69, 9.17) is 14.2 Å². The molecule has 1 aliphatic rings. The van der Waals surface area contributed by atoms with Crippen molar-refractivity contribution in [1.82, 2.24) is 5.32 Å². The number of carbonyl (C=O) groups is 1. The second-order valence-electron chi connectivity index (χ2n) is 5.98. The van der Waals surface area contributed by atoms with E-state index >= 15 is 0 Å². The van der Waals surface area contributed by atoms with Crippen molar-refractivity contribution in [3.8, 4) is 17.2 Å². The Labute approximate surface area is 141 Å². The molecule has 0 bridgehead atoms. The fraction of sp³-hybridized carbons (Fsp3) is 0.316. The molecule has 0 unspecified atom stereocenters. The Morgan fingerprint density at radius 3 is 2.71 bits per heavy atom. The monoisotopic (exact) mass is 327 g/mol. The maximum absolute atomic E-state index is 12.5. The van der Waals surface area contributed by atoms with Gasteiger partial charge in [0.1, 0.15) is 5.75 Å². The van der Waals surface area contributed by atoms with Gasteiger partial charge in [0.05, 0.1) is 12.7 Å². The van der Waals surface area contributed by atoms with Crippen molar-refractivity contribution < 1.29 is 19.0 Å². The first kappa shape index (κ1) is 16.2. The quantitative estimate of drug-likeness (QED) is 0.913. The molecule has 3 rings (SSSR count). The van der Waals surface area contributed by atoms with E-state index in [0.29, 0.717) is 29.5 Å². The fourth-order valence-corrected chi connectivity index (χ4v) is 2.58. The van der Waals surface area contributed by atoms with Gasteiger partial charge in [-0.1, -0.05) is 26.0 Å². The van der Waals surface area contributed by atoms with E-state index in [1.807, 2.05) is 36.4 Å². The summed E-state index contributed by atoms with van der Waals surface area (Å²) in [6, 6.07) is 11.3. The summed E-state index contributed by atoms with van der Waals surface area (Å²) in [6.45, 7) is 4.86. The summed E-state index contributed by atoms with van der Waals surface area (Å²) in [4.78, 5) is 12.5. The Balaban J connectivity index is 1.71. The van der Waals surface area contributed by atoms with Gasteiger partial charge in [0.25, 0.3) is 5.91 Å². The van der Waals surface area contributed by atoms with Crippen molar-refractivity contribution in [3.05, 3.63) is 53.1 Å². The average Bonchev–Trinajstić information content (AvgIpc) is 3.06. The zero-order valence-electron chi connectivity index (χ0n) is 14.1. The van der Waals surface area contributed by atoms with Gasteiger partial charge in [0, 0.05) is 6.54 Å². The van der Waals surface area contributed by atoms with Crippen molar-refractivity contribution >= 4 is 5.91 Å². The number of fused-ring (bicyclic) bond motifs is 1. The van der Waals surface area contributed by atoms with Crippen LogP contribution in [0.1, 0.15) is 41.3 Å². The maximum atomic E-state index is 12.5. The van der Waals surface area contributed by atoms with Crippen molar-refractivity contribution in [3.63, 3.8) is 0 Å². The number of carbonyl (C=O) groups excluding carboxylic acids is 1. The molecule has 5 nitrogen and oxygen atoms in total. The van der Waals surface area contributed by atoms with E-state index in [0.717, 1.165) is 16.9 Å². The number of hydrogen-bond acceptors (Lipinski definition) is 4. The van der Waals surface area contributed by atoms with Gasteiger partial charge in [-0.25, -0.2) is 0 Å². The summed E-state index contributed by atoms with van der Waals surface area (Å²) in [5.41, 5.74) is 2.62. The normalized spacial score (nSPS) is 12.3. The van der Waals surface area contributed by atoms with E-state index in [-0.39, 0.29) is 12.7 Å². The molecule has 2 aromatic rings. The first-order valence-electron chi connectivity index (χ1n) is 7.93. The largest absolute Gasteiger partial charge is 0.496 e. The second kappa shape index (κ2) is 6.83. The topological polar surface area (TPSA) is 56.8 Å². The van der Waals surface area contributed by atoms with E-state index in [9.17, 15) is 4.79 Å². The second-order valence-corrected chi connectivity index (χ2v) is 5.98. The van der Waals surface area contributed by atoms with Gasteiger partial charge < -0.3 is 19.5 Å². The number of rotatable bonds is 5. The number of hydrogen-bond donors (Lipinski definition) is 1. The Bertz CT molecular complexity index is 755. The predicted molar refractivity (Wildman–Crippen MR) is 90.8 cm³/mol. The molecular formula is C19H21NO4. The Morgan fingerprint density at radius 1 is 1.17 bits per heavy atom. The van der Waals surface area contributed by atoms with Crippen molar-refractivity contribution in [2.45, 2.75) is 26.3 Å². The Hall–Kier alpha value is -2.69. The van der Waals surface area contributed by atoms with Crippen LogP contribution in [0, 0.1) is 0 Å². The highest BCUT2D eigenvalue weighted by Crippen LogP contribution is 2.32. The summed E-state index contributed by atoms with van der Waals surface area (Å²) in [7, 11) is 1.58. The lowest BCUT2D eigenvalue weighted by Crippen LogP contribution is -2.23. The fourth-order valence-electron chi connectivity index (χ4n) is 2.58. The molecule has 0 aromatic heterocycles. The van der Waals surface area contributed by atoms with Crippen LogP contribution < -0.4 is 19.5 Å². The lowest BCUT2D eigenvalue weighted by molar-refractivity contribution is 0.0947. The van der Waals surface area contributed by atoms with Gasteiger partial charge >= 0.3 is 0 Å². The van der Waals surface area contributed by atoms with Crippen LogP contribution in [0.4, 0.5) is 0 Å². The van der Waals surface area contributed by atoms with Crippen molar-refractivity contribution in [2.24, 2.45) is 0 Å². The highest BCUT2D eigenvalue weighted by molar-refractivity contribution is 5.97. The Morgan fingerprint density at radius 2 is 1.96 bits per heavy atom. The zero-order valence-corrected chi connectivity index (χ0v) is 14.1. The highest BCUT2D eigenvalue weighted by Gasteiger charge is 2.16. The third-order valence-electron chi connectivity index (χ3n) is 4.03. The summed E-state index contributed by atoms with van der Waals surface area (Å²) >= 11 is 0. The van der Waals surface area contributed by atoms with Gasteiger partial charge in [-0.3, -0.25) is 4.79 Å². The lowest BCUT2D eigenvalue weighted by atomic mass is 10.0. The number of benzene rings is 2. The van der Waals surface area contributed by atoms with Gasteiger partial charge in [0.15, 0.2) is 11.5 Å². The molecule has 24 heavy (non-hydrogen) atoms. The summed E-state index contributed by atoms with van der Waals surface area (Å²) < 4.78 is 16.0. The summed E-state index contributed by atoms with van der Waals surface area (Å²) in [6.07, 6.45) is 0. The first-order chi connectivity index (χ1) is 11.6. The summed E-state index contributed by atoms with van der Waals surface area (Å²) in [5.74, 6) is 2.24.